The fourth-order valence-corrected chi connectivity index (χ4v) is 2.51. The topological polar surface area (TPSA) is 87.0 Å². The van der Waals surface area contributed by atoms with Crippen LogP contribution < -0.4 is 5.32 Å². The van der Waals surface area contributed by atoms with Crippen molar-refractivity contribution in [3.63, 3.8) is 0 Å². The lowest BCUT2D eigenvalue weighted by molar-refractivity contribution is -0.120. The number of nitriles is 1. The highest BCUT2D eigenvalue weighted by molar-refractivity contribution is 7.91. The van der Waals surface area contributed by atoms with Crippen LogP contribution in [0.3, 0.4) is 0 Å². The minimum atomic E-state index is -4.63. The second-order valence-corrected chi connectivity index (χ2v) is 6.58. The van der Waals surface area contributed by atoms with Gasteiger partial charge < -0.3 is 5.32 Å². The van der Waals surface area contributed by atoms with Gasteiger partial charge >= 0.3 is 5.76 Å². The van der Waals surface area contributed by atoms with Crippen molar-refractivity contribution in [3.8, 4) is 6.07 Å². The zero-order chi connectivity index (χ0) is 16.8. The van der Waals surface area contributed by atoms with Gasteiger partial charge in [0.2, 0.25) is 15.7 Å². The lowest BCUT2D eigenvalue weighted by atomic mass is 10.1. The number of carbonyl (C=O) groups is 1. The van der Waals surface area contributed by atoms with Gasteiger partial charge in [0.25, 0.3) is 0 Å². The molecule has 1 N–H and O–H groups in total. The number of amides is 1. The highest BCUT2D eigenvalue weighted by Crippen LogP contribution is 2.18. The molecular formula is C14H16F2N2O3S. The first-order chi connectivity index (χ1) is 10.3. The lowest BCUT2D eigenvalue weighted by Gasteiger charge is -2.10. The highest BCUT2D eigenvalue weighted by atomic mass is 32.2. The molecule has 1 rings (SSSR count). The molecule has 0 aromatic heterocycles. The zero-order valence-corrected chi connectivity index (χ0v) is 12.7. The van der Waals surface area contributed by atoms with Gasteiger partial charge in [-0.2, -0.15) is 14.0 Å². The van der Waals surface area contributed by atoms with Crippen LogP contribution in [0.2, 0.25) is 0 Å². The van der Waals surface area contributed by atoms with Crippen molar-refractivity contribution in [3.05, 3.63) is 29.8 Å². The average molecular weight is 330 g/mol. The van der Waals surface area contributed by atoms with E-state index in [4.69, 9.17) is 5.26 Å². The van der Waals surface area contributed by atoms with Gasteiger partial charge in [0, 0.05) is 0 Å². The molecule has 0 spiro atoms. The fraction of sp³-hybridized carbons (Fsp3) is 0.429. The molecule has 1 aromatic carbocycles. The van der Waals surface area contributed by atoms with Gasteiger partial charge in [0.15, 0.2) is 0 Å². The summed E-state index contributed by atoms with van der Waals surface area (Å²) >= 11 is 0. The molecule has 0 aliphatic rings. The van der Waals surface area contributed by atoms with E-state index in [1.165, 1.54) is 12.1 Å². The number of nitrogens with zero attached hydrogens (tertiary/aromatic N) is 1. The Kier molecular flexibility index (Phi) is 6.43. The molecule has 1 aromatic rings. The maximum atomic E-state index is 12.4. The van der Waals surface area contributed by atoms with Crippen LogP contribution in [0.25, 0.3) is 0 Å². The number of nitrogens with one attached hydrogen (secondary N) is 1. The molecule has 5 nitrogen and oxygen atoms in total. The van der Waals surface area contributed by atoms with Crippen LogP contribution in [-0.2, 0) is 21.1 Å². The van der Waals surface area contributed by atoms with E-state index in [-0.39, 0.29) is 12.3 Å². The maximum absolute atomic E-state index is 12.4. The molecule has 8 heteroatoms. The molecule has 1 amide bonds. The minimum Gasteiger partial charge on any atom is -0.340 e. The highest BCUT2D eigenvalue weighted by Gasteiger charge is 2.26. The first kappa shape index (κ1) is 18.0. The molecular weight excluding hydrogens is 314 g/mol. The Labute approximate surface area is 127 Å². The zero-order valence-electron chi connectivity index (χ0n) is 11.9. The van der Waals surface area contributed by atoms with E-state index in [1.54, 1.807) is 0 Å². The van der Waals surface area contributed by atoms with Gasteiger partial charge in [-0.25, -0.2) is 8.42 Å². The molecule has 0 saturated heterocycles. The largest absolute Gasteiger partial charge is 0.341 e. The summed E-state index contributed by atoms with van der Waals surface area (Å²) < 4.78 is 47.3. The standard InChI is InChI=1S/C14H16F2N2O3S/c1-2-3-11(9-17)18-13(19)8-10-4-6-12(7-5-10)22(20,21)14(15)16/h4-7,11,14H,2-3,8H2,1H3,(H,18,19)/t11-/m0/s1. The van der Waals surface area contributed by atoms with E-state index in [0.717, 1.165) is 18.6 Å². The van der Waals surface area contributed by atoms with Crippen LogP contribution in [0.4, 0.5) is 8.78 Å². The van der Waals surface area contributed by atoms with Crippen LogP contribution in [0, 0.1) is 11.3 Å². The quantitative estimate of drug-likeness (QED) is 0.829. The number of halogens is 2. The average Bonchev–Trinajstić information content (AvgIpc) is 2.47. The van der Waals surface area contributed by atoms with E-state index in [2.05, 4.69) is 5.32 Å². The molecule has 0 radical (unpaired) electrons. The summed E-state index contributed by atoms with van der Waals surface area (Å²) in [6.45, 7) is 1.89. The van der Waals surface area contributed by atoms with Crippen molar-refractivity contribution in [2.45, 2.75) is 42.9 Å². The lowest BCUT2D eigenvalue weighted by Crippen LogP contribution is -2.34. The third-order valence-electron chi connectivity index (χ3n) is 2.92. The SMILES string of the molecule is CCC[C@@H](C#N)NC(=O)Cc1ccc(S(=O)(=O)C(F)F)cc1. The van der Waals surface area contributed by atoms with Gasteiger partial charge in [0.1, 0.15) is 6.04 Å². The summed E-state index contributed by atoms with van der Waals surface area (Å²) in [6.07, 6.45) is 1.23. The molecule has 0 fully saturated rings. The summed E-state index contributed by atoms with van der Waals surface area (Å²) in [5.74, 6) is -3.86. The Morgan fingerprint density at radius 1 is 1.32 bits per heavy atom. The van der Waals surface area contributed by atoms with Crippen molar-refractivity contribution < 1.29 is 22.0 Å². The van der Waals surface area contributed by atoms with Gasteiger partial charge in [-0.05, 0) is 24.1 Å². The Morgan fingerprint density at radius 3 is 2.36 bits per heavy atom. The molecule has 0 aliphatic carbocycles. The normalized spacial score (nSPS) is 12.7. The molecule has 0 aliphatic heterocycles. The monoisotopic (exact) mass is 330 g/mol. The summed E-state index contributed by atoms with van der Waals surface area (Å²) in [4.78, 5) is 11.3. The summed E-state index contributed by atoms with van der Waals surface area (Å²) in [5, 5.41) is 11.4. The number of rotatable bonds is 7. The molecule has 1 atom stereocenters. The Bertz CT molecular complexity index is 652. The predicted molar refractivity (Wildman–Crippen MR) is 75.8 cm³/mol. The van der Waals surface area contributed by atoms with Gasteiger partial charge in [0.05, 0.1) is 17.4 Å². The number of hydrogen-bond donors (Lipinski definition) is 1. The van der Waals surface area contributed by atoms with Crippen molar-refractivity contribution in [2.24, 2.45) is 0 Å². The minimum absolute atomic E-state index is 0.0586. The first-order valence-electron chi connectivity index (χ1n) is 6.61. The van der Waals surface area contributed by atoms with Gasteiger partial charge in [-0.3, -0.25) is 4.79 Å². The van der Waals surface area contributed by atoms with Crippen molar-refractivity contribution in [1.29, 1.82) is 5.26 Å². The summed E-state index contributed by atoms with van der Waals surface area (Å²) in [6, 6.07) is 6.08. The third kappa shape index (κ3) is 4.77. The number of sulfone groups is 1. The third-order valence-corrected chi connectivity index (χ3v) is 4.32. The van der Waals surface area contributed by atoms with Gasteiger partial charge in [-0.1, -0.05) is 25.5 Å². The van der Waals surface area contributed by atoms with Gasteiger partial charge in [-0.15, -0.1) is 0 Å². The first-order valence-corrected chi connectivity index (χ1v) is 8.15. The van der Waals surface area contributed by atoms with Crippen LogP contribution in [-0.4, -0.2) is 26.1 Å². The molecule has 22 heavy (non-hydrogen) atoms. The molecule has 0 bridgehead atoms. The molecule has 0 unspecified atom stereocenters. The van der Waals surface area contributed by atoms with E-state index < -0.39 is 26.5 Å². The van der Waals surface area contributed by atoms with E-state index >= 15 is 0 Å². The van der Waals surface area contributed by atoms with Crippen molar-refractivity contribution in [2.75, 3.05) is 0 Å². The predicted octanol–water partition coefficient (Wildman–Crippen LogP) is 2.03. The van der Waals surface area contributed by atoms with E-state index in [0.29, 0.717) is 12.0 Å². The number of benzene rings is 1. The second kappa shape index (κ2) is 7.84. The number of hydrogen-bond acceptors (Lipinski definition) is 4. The van der Waals surface area contributed by atoms with Crippen molar-refractivity contribution >= 4 is 15.7 Å². The Hall–Kier alpha value is -2.01. The van der Waals surface area contributed by atoms with Crippen LogP contribution in [0.5, 0.6) is 0 Å². The summed E-state index contributed by atoms with van der Waals surface area (Å²) in [7, 11) is -4.63. The Morgan fingerprint density at radius 2 is 1.91 bits per heavy atom. The van der Waals surface area contributed by atoms with E-state index in [9.17, 15) is 22.0 Å². The maximum Gasteiger partial charge on any atom is 0.341 e. The molecule has 0 heterocycles. The fourth-order valence-electron chi connectivity index (χ4n) is 1.79. The van der Waals surface area contributed by atoms with E-state index in [1.807, 2.05) is 13.0 Å². The number of alkyl halides is 2. The van der Waals surface area contributed by atoms with Crippen molar-refractivity contribution in [1.82, 2.24) is 5.32 Å². The number of carbonyl (C=O) groups excluding carboxylic acids is 1. The molecule has 0 saturated carbocycles. The Balaban J connectivity index is 2.73. The summed E-state index contributed by atoms with van der Waals surface area (Å²) in [5.41, 5.74) is 0.471. The molecule has 120 valence electrons. The van der Waals surface area contributed by atoms with Crippen LogP contribution >= 0.6 is 0 Å². The second-order valence-electron chi connectivity index (χ2n) is 4.66. The smallest absolute Gasteiger partial charge is 0.340 e. The van der Waals surface area contributed by atoms with Crippen LogP contribution in [0.15, 0.2) is 29.2 Å². The van der Waals surface area contributed by atoms with Crippen LogP contribution in [0.1, 0.15) is 25.3 Å².